The van der Waals surface area contributed by atoms with Gasteiger partial charge in [-0.25, -0.2) is 0 Å². The van der Waals surface area contributed by atoms with Gasteiger partial charge < -0.3 is 5.32 Å². The minimum Gasteiger partial charge on any atom is -0.384 e. The van der Waals surface area contributed by atoms with Crippen LogP contribution in [0.5, 0.6) is 0 Å². The summed E-state index contributed by atoms with van der Waals surface area (Å²) in [7, 11) is 2.03. The van der Waals surface area contributed by atoms with Crippen LogP contribution in [0.25, 0.3) is 11.3 Å². The van der Waals surface area contributed by atoms with Crippen LogP contribution in [-0.4, -0.2) is 39.3 Å². The molecule has 0 atom stereocenters. The van der Waals surface area contributed by atoms with E-state index >= 15 is 0 Å². The number of anilines is 1. The van der Waals surface area contributed by atoms with Gasteiger partial charge >= 0.3 is 0 Å². The number of hydrogen-bond donors (Lipinski definition) is 1. The van der Waals surface area contributed by atoms with Gasteiger partial charge in [-0.15, -0.1) is 0 Å². The maximum absolute atomic E-state index is 4.49. The summed E-state index contributed by atoms with van der Waals surface area (Å²) in [4.78, 5) is 7.03. The summed E-state index contributed by atoms with van der Waals surface area (Å²) >= 11 is 0. The van der Waals surface area contributed by atoms with Gasteiger partial charge in [0.15, 0.2) is 0 Å². The Morgan fingerprint density at radius 2 is 2.00 bits per heavy atom. The molecular formula is C23H27N5. The zero-order valence-corrected chi connectivity index (χ0v) is 16.7. The molecule has 5 nitrogen and oxygen atoms in total. The highest BCUT2D eigenvalue weighted by Gasteiger charge is 2.41. The molecule has 0 saturated carbocycles. The lowest BCUT2D eigenvalue weighted by Crippen LogP contribution is -2.43. The zero-order valence-electron chi connectivity index (χ0n) is 16.7. The molecule has 1 spiro atoms. The largest absolute Gasteiger partial charge is 0.384 e. The number of aromatic nitrogens is 3. The summed E-state index contributed by atoms with van der Waals surface area (Å²) in [5, 5.41) is 8.10. The van der Waals surface area contributed by atoms with E-state index in [-0.39, 0.29) is 5.41 Å². The van der Waals surface area contributed by atoms with E-state index in [2.05, 4.69) is 57.6 Å². The molecule has 28 heavy (non-hydrogen) atoms. The molecule has 4 heterocycles. The van der Waals surface area contributed by atoms with E-state index in [0.717, 1.165) is 31.9 Å². The Balaban J connectivity index is 1.38. The second-order valence-corrected chi connectivity index (χ2v) is 8.29. The Morgan fingerprint density at radius 3 is 2.71 bits per heavy atom. The van der Waals surface area contributed by atoms with Gasteiger partial charge in [-0.1, -0.05) is 12.1 Å². The first-order valence-corrected chi connectivity index (χ1v) is 10.1. The number of nitrogens with one attached hydrogen (secondary N) is 1. The van der Waals surface area contributed by atoms with Crippen molar-refractivity contribution in [1.29, 1.82) is 0 Å². The molecule has 1 fully saturated rings. The highest BCUT2D eigenvalue weighted by Crippen LogP contribution is 2.45. The molecule has 144 valence electrons. The molecule has 0 unspecified atom stereocenters. The number of aryl methyl sites for hydroxylation is 2. The molecule has 0 radical (unpaired) electrons. The predicted molar refractivity (Wildman–Crippen MR) is 112 cm³/mol. The predicted octanol–water partition coefficient (Wildman–Crippen LogP) is 3.75. The van der Waals surface area contributed by atoms with Gasteiger partial charge in [0.1, 0.15) is 0 Å². The third-order valence-electron chi connectivity index (χ3n) is 6.53. The molecule has 2 aliphatic heterocycles. The zero-order chi connectivity index (χ0) is 19.1. The van der Waals surface area contributed by atoms with Gasteiger partial charge in [-0.05, 0) is 68.2 Å². The van der Waals surface area contributed by atoms with Crippen LogP contribution < -0.4 is 5.32 Å². The molecule has 3 aromatic rings. The molecular weight excluding hydrogens is 346 g/mol. The Labute approximate surface area is 166 Å². The van der Waals surface area contributed by atoms with Crippen LogP contribution in [0.1, 0.15) is 29.7 Å². The van der Waals surface area contributed by atoms with E-state index in [0.29, 0.717) is 0 Å². The third kappa shape index (κ3) is 2.90. The quantitative estimate of drug-likeness (QED) is 0.760. The molecule has 2 aliphatic rings. The minimum atomic E-state index is 0.248. The van der Waals surface area contributed by atoms with Crippen molar-refractivity contribution < 1.29 is 0 Å². The lowest BCUT2D eigenvalue weighted by molar-refractivity contribution is 0.161. The fraction of sp³-hybridized carbons (Fsp3) is 0.391. The molecule has 1 saturated heterocycles. The first-order valence-electron chi connectivity index (χ1n) is 10.1. The van der Waals surface area contributed by atoms with Crippen molar-refractivity contribution >= 4 is 5.69 Å². The van der Waals surface area contributed by atoms with Crippen LogP contribution in [-0.2, 0) is 19.0 Å². The Morgan fingerprint density at radius 1 is 1.14 bits per heavy atom. The van der Waals surface area contributed by atoms with Gasteiger partial charge in [-0.3, -0.25) is 14.6 Å². The first kappa shape index (κ1) is 17.4. The van der Waals surface area contributed by atoms with Crippen LogP contribution >= 0.6 is 0 Å². The summed E-state index contributed by atoms with van der Waals surface area (Å²) in [5.41, 5.74) is 7.93. The van der Waals surface area contributed by atoms with Crippen molar-refractivity contribution in [1.82, 2.24) is 19.7 Å². The number of piperidine rings is 1. The number of benzene rings is 1. The summed E-state index contributed by atoms with van der Waals surface area (Å²) in [6.45, 7) is 6.37. The van der Waals surface area contributed by atoms with E-state index in [9.17, 15) is 0 Å². The van der Waals surface area contributed by atoms with Gasteiger partial charge in [0.05, 0.1) is 17.6 Å². The molecule has 0 aliphatic carbocycles. The minimum absolute atomic E-state index is 0.248. The second-order valence-electron chi connectivity index (χ2n) is 8.29. The molecule has 1 aromatic carbocycles. The lowest BCUT2D eigenvalue weighted by atomic mass is 9.74. The fourth-order valence-electron chi connectivity index (χ4n) is 4.91. The molecule has 5 rings (SSSR count). The first-order chi connectivity index (χ1) is 13.6. The standard InChI is InChI=1S/C23H27N5/c1-17-14-26-27(2)22(17)18-6-7-21-20(13-18)23(16-25-21)8-11-28(12-9-23)15-19-5-3-4-10-24-19/h3-7,10,13-14,25H,8-9,11-12,15-16H2,1-2H3. The van der Waals surface area contributed by atoms with Crippen molar-refractivity contribution in [3.8, 4) is 11.3 Å². The third-order valence-corrected chi connectivity index (χ3v) is 6.53. The Hall–Kier alpha value is -2.66. The van der Waals surface area contributed by atoms with Crippen molar-refractivity contribution in [2.45, 2.75) is 31.7 Å². The summed E-state index contributed by atoms with van der Waals surface area (Å²) in [6, 6.07) is 13.1. The number of fused-ring (bicyclic) bond motifs is 2. The fourth-order valence-corrected chi connectivity index (χ4v) is 4.91. The van der Waals surface area contributed by atoms with E-state index in [1.54, 1.807) is 0 Å². The number of likely N-dealkylation sites (tertiary alicyclic amines) is 1. The summed E-state index contributed by atoms with van der Waals surface area (Å²) in [6.07, 6.45) is 6.22. The molecule has 5 heteroatoms. The maximum Gasteiger partial charge on any atom is 0.0708 e. The Kier molecular flexibility index (Phi) is 4.20. The van der Waals surface area contributed by atoms with Crippen molar-refractivity contribution in [3.63, 3.8) is 0 Å². The topological polar surface area (TPSA) is 46.0 Å². The van der Waals surface area contributed by atoms with Crippen LogP contribution in [0.4, 0.5) is 5.69 Å². The smallest absolute Gasteiger partial charge is 0.0708 e. The Bertz CT molecular complexity index is 964. The van der Waals surface area contributed by atoms with Crippen LogP contribution in [0.3, 0.4) is 0 Å². The van der Waals surface area contributed by atoms with E-state index in [1.165, 1.54) is 40.9 Å². The lowest BCUT2D eigenvalue weighted by Gasteiger charge is -2.39. The summed E-state index contributed by atoms with van der Waals surface area (Å²) in [5.74, 6) is 0. The van der Waals surface area contributed by atoms with Gasteiger partial charge in [0.2, 0.25) is 0 Å². The van der Waals surface area contributed by atoms with Gasteiger partial charge in [-0.2, -0.15) is 5.10 Å². The highest BCUT2D eigenvalue weighted by molar-refractivity contribution is 5.71. The maximum atomic E-state index is 4.49. The molecule has 0 amide bonds. The van der Waals surface area contributed by atoms with Gasteiger partial charge in [0.25, 0.3) is 0 Å². The molecule has 1 N–H and O–H groups in total. The molecule has 2 aromatic heterocycles. The number of nitrogens with zero attached hydrogens (tertiary/aromatic N) is 4. The van der Waals surface area contributed by atoms with Crippen LogP contribution in [0.2, 0.25) is 0 Å². The average molecular weight is 374 g/mol. The van der Waals surface area contributed by atoms with Crippen LogP contribution in [0.15, 0.2) is 48.8 Å². The monoisotopic (exact) mass is 373 g/mol. The van der Waals surface area contributed by atoms with Crippen molar-refractivity contribution in [2.75, 3.05) is 25.0 Å². The second kappa shape index (κ2) is 6.74. The van der Waals surface area contributed by atoms with E-state index in [4.69, 9.17) is 0 Å². The van der Waals surface area contributed by atoms with Crippen LogP contribution in [0, 0.1) is 6.92 Å². The number of hydrogen-bond acceptors (Lipinski definition) is 4. The highest BCUT2D eigenvalue weighted by atomic mass is 15.3. The number of pyridine rings is 1. The summed E-state index contributed by atoms with van der Waals surface area (Å²) < 4.78 is 1.99. The molecule has 0 bridgehead atoms. The normalized spacial score (nSPS) is 18.2. The van der Waals surface area contributed by atoms with Crippen molar-refractivity contribution in [2.24, 2.45) is 7.05 Å². The van der Waals surface area contributed by atoms with Gasteiger partial charge in [0, 0.05) is 43.0 Å². The van der Waals surface area contributed by atoms with Crippen molar-refractivity contribution in [3.05, 3.63) is 65.6 Å². The number of rotatable bonds is 3. The van der Waals surface area contributed by atoms with E-state index in [1.807, 2.05) is 30.2 Å². The van der Waals surface area contributed by atoms with E-state index < -0.39 is 0 Å². The average Bonchev–Trinajstić information content (AvgIpc) is 3.24. The SMILES string of the molecule is Cc1cnn(C)c1-c1ccc2c(c1)C1(CCN(Cc3ccccn3)CC1)CN2.